The maximum atomic E-state index is 11.9. The van der Waals surface area contributed by atoms with Gasteiger partial charge in [-0.1, -0.05) is 0 Å². The first kappa shape index (κ1) is 11.6. The monoisotopic (exact) mass is 235 g/mol. The van der Waals surface area contributed by atoms with Crippen molar-refractivity contribution in [2.24, 2.45) is 0 Å². The van der Waals surface area contributed by atoms with Crippen molar-refractivity contribution >= 4 is 17.5 Å². The molecule has 6 heteroatoms. The molecule has 2 heterocycles. The third kappa shape index (κ3) is 2.64. The topological polar surface area (TPSA) is 75.4 Å². The highest BCUT2D eigenvalue weighted by molar-refractivity contribution is 5.82. The summed E-state index contributed by atoms with van der Waals surface area (Å²) < 4.78 is 0. The molecule has 0 aliphatic carbocycles. The van der Waals surface area contributed by atoms with Gasteiger partial charge in [0.25, 0.3) is 0 Å². The molecular weight excluding hydrogens is 218 g/mol. The summed E-state index contributed by atoms with van der Waals surface area (Å²) in [6.45, 7) is 2.02. The maximum absolute atomic E-state index is 11.9. The lowest BCUT2D eigenvalue weighted by atomic mass is 10.4. The van der Waals surface area contributed by atoms with Crippen molar-refractivity contribution in [3.8, 4) is 0 Å². The number of aromatic nitrogens is 2. The van der Waals surface area contributed by atoms with Gasteiger partial charge in [-0.15, -0.1) is 0 Å². The van der Waals surface area contributed by atoms with Crippen LogP contribution in [-0.4, -0.2) is 47.5 Å². The average molecular weight is 235 g/mol. The molecule has 0 bridgehead atoms. The van der Waals surface area contributed by atoms with Crippen molar-refractivity contribution in [2.45, 2.75) is 12.8 Å². The van der Waals surface area contributed by atoms with E-state index in [1.54, 1.807) is 18.1 Å². The first-order valence-corrected chi connectivity index (χ1v) is 5.74. The zero-order valence-electron chi connectivity index (χ0n) is 9.96. The molecule has 2 N–H and O–H groups in total. The fraction of sp³-hybridized carbons (Fsp3) is 0.545. The van der Waals surface area contributed by atoms with Gasteiger partial charge < -0.3 is 15.5 Å². The van der Waals surface area contributed by atoms with E-state index in [0.717, 1.165) is 25.9 Å². The van der Waals surface area contributed by atoms with Gasteiger partial charge in [0.2, 0.25) is 5.91 Å². The molecule has 17 heavy (non-hydrogen) atoms. The van der Waals surface area contributed by atoms with E-state index in [4.69, 9.17) is 5.73 Å². The van der Waals surface area contributed by atoms with Crippen molar-refractivity contribution in [3.05, 3.63) is 12.4 Å². The highest BCUT2D eigenvalue weighted by Crippen LogP contribution is 2.15. The summed E-state index contributed by atoms with van der Waals surface area (Å²) in [6.07, 6.45) is 5.31. The molecule has 1 fully saturated rings. The highest BCUT2D eigenvalue weighted by atomic mass is 16.2. The van der Waals surface area contributed by atoms with Crippen LogP contribution < -0.4 is 10.6 Å². The minimum Gasteiger partial charge on any atom is -0.381 e. The van der Waals surface area contributed by atoms with E-state index in [9.17, 15) is 4.79 Å². The Morgan fingerprint density at radius 1 is 1.41 bits per heavy atom. The third-order valence-corrected chi connectivity index (χ3v) is 2.90. The lowest BCUT2D eigenvalue weighted by Crippen LogP contribution is -2.37. The summed E-state index contributed by atoms with van der Waals surface area (Å²) in [5, 5.41) is 0. The lowest BCUT2D eigenvalue weighted by molar-refractivity contribution is -0.128. The molecule has 0 spiro atoms. The molecule has 2 rings (SSSR count). The van der Waals surface area contributed by atoms with Gasteiger partial charge in [0.05, 0.1) is 6.54 Å². The van der Waals surface area contributed by atoms with E-state index in [-0.39, 0.29) is 5.91 Å². The Hall–Kier alpha value is -1.85. The minimum atomic E-state index is 0.120. The molecule has 1 aromatic rings. The van der Waals surface area contributed by atoms with Gasteiger partial charge in [-0.05, 0) is 12.8 Å². The fourth-order valence-corrected chi connectivity index (χ4v) is 1.98. The van der Waals surface area contributed by atoms with Crippen molar-refractivity contribution in [3.63, 3.8) is 0 Å². The molecule has 0 atom stereocenters. The summed E-state index contributed by atoms with van der Waals surface area (Å²) in [5.74, 6) is 1.03. The van der Waals surface area contributed by atoms with Crippen LogP contribution in [0.25, 0.3) is 0 Å². The van der Waals surface area contributed by atoms with E-state index in [0.29, 0.717) is 18.2 Å². The van der Waals surface area contributed by atoms with Gasteiger partial charge in [-0.25, -0.2) is 9.97 Å². The maximum Gasteiger partial charge on any atom is 0.242 e. The van der Waals surface area contributed by atoms with E-state index >= 15 is 0 Å². The molecular formula is C11H17N5O. The molecule has 1 saturated heterocycles. The molecule has 0 aromatic carbocycles. The minimum absolute atomic E-state index is 0.120. The first-order chi connectivity index (χ1) is 8.18. The van der Waals surface area contributed by atoms with Gasteiger partial charge in [-0.3, -0.25) is 4.79 Å². The molecule has 6 nitrogen and oxygen atoms in total. The van der Waals surface area contributed by atoms with Gasteiger partial charge >= 0.3 is 0 Å². The van der Waals surface area contributed by atoms with Crippen LogP contribution in [0.3, 0.4) is 0 Å². The predicted molar refractivity (Wildman–Crippen MR) is 65.5 cm³/mol. The number of nitrogens with zero attached hydrogens (tertiary/aromatic N) is 4. The highest BCUT2D eigenvalue weighted by Gasteiger charge is 2.20. The predicted octanol–water partition coefficient (Wildman–Crippen LogP) is 0.117. The Balaban J connectivity index is 1.99. The number of amides is 1. The van der Waals surface area contributed by atoms with Crippen molar-refractivity contribution in [1.82, 2.24) is 14.9 Å². The SMILES string of the molecule is CN(CC(=O)N1CCCC1)c1nccnc1N. The lowest BCUT2D eigenvalue weighted by Gasteiger charge is -2.22. The first-order valence-electron chi connectivity index (χ1n) is 5.74. The van der Waals surface area contributed by atoms with Gasteiger partial charge in [0.1, 0.15) is 0 Å². The Kier molecular flexibility index (Phi) is 3.41. The number of rotatable bonds is 3. The zero-order chi connectivity index (χ0) is 12.3. The number of anilines is 2. The van der Waals surface area contributed by atoms with Crippen LogP contribution in [-0.2, 0) is 4.79 Å². The van der Waals surface area contributed by atoms with E-state index in [1.807, 2.05) is 4.90 Å². The molecule has 0 unspecified atom stereocenters. The third-order valence-electron chi connectivity index (χ3n) is 2.90. The number of carbonyl (C=O) groups is 1. The standard InChI is InChI=1S/C11H17N5O/c1-15(11-10(12)13-4-5-14-11)8-9(17)16-6-2-3-7-16/h4-5H,2-3,6-8H2,1H3,(H2,12,13). The van der Waals surface area contributed by atoms with Crippen LogP contribution >= 0.6 is 0 Å². The molecule has 1 aliphatic heterocycles. The molecule has 0 radical (unpaired) electrons. The van der Waals surface area contributed by atoms with Crippen LogP contribution in [0, 0.1) is 0 Å². The quantitative estimate of drug-likeness (QED) is 0.805. The number of nitrogen functional groups attached to an aromatic ring is 1. The number of likely N-dealkylation sites (tertiary alicyclic amines) is 1. The summed E-state index contributed by atoms with van der Waals surface area (Å²) in [6, 6.07) is 0. The molecule has 92 valence electrons. The Labute approximate surface area is 100 Å². The second-order valence-corrected chi connectivity index (χ2v) is 4.21. The number of hydrogen-bond acceptors (Lipinski definition) is 5. The van der Waals surface area contributed by atoms with Gasteiger partial charge in [-0.2, -0.15) is 0 Å². The largest absolute Gasteiger partial charge is 0.381 e. The van der Waals surface area contributed by atoms with Crippen LogP contribution in [0.15, 0.2) is 12.4 Å². The Morgan fingerprint density at radius 3 is 2.71 bits per heavy atom. The average Bonchev–Trinajstić information content (AvgIpc) is 2.82. The second-order valence-electron chi connectivity index (χ2n) is 4.21. The zero-order valence-corrected chi connectivity index (χ0v) is 9.96. The fourth-order valence-electron chi connectivity index (χ4n) is 1.98. The Bertz CT molecular complexity index is 403. The van der Waals surface area contributed by atoms with Crippen molar-refractivity contribution < 1.29 is 4.79 Å². The number of carbonyl (C=O) groups excluding carboxylic acids is 1. The van der Waals surface area contributed by atoms with Gasteiger partial charge in [0, 0.05) is 32.5 Å². The van der Waals surface area contributed by atoms with Crippen LogP contribution in [0.2, 0.25) is 0 Å². The van der Waals surface area contributed by atoms with Crippen molar-refractivity contribution in [2.75, 3.05) is 37.3 Å². The summed E-state index contributed by atoms with van der Waals surface area (Å²) in [4.78, 5) is 23.6. The summed E-state index contributed by atoms with van der Waals surface area (Å²) >= 11 is 0. The molecule has 1 aromatic heterocycles. The number of hydrogen-bond donors (Lipinski definition) is 1. The number of likely N-dealkylation sites (N-methyl/N-ethyl adjacent to an activating group) is 1. The van der Waals surface area contributed by atoms with Crippen LogP contribution in [0.5, 0.6) is 0 Å². The van der Waals surface area contributed by atoms with E-state index < -0.39 is 0 Å². The smallest absolute Gasteiger partial charge is 0.242 e. The van der Waals surface area contributed by atoms with E-state index in [2.05, 4.69) is 9.97 Å². The van der Waals surface area contributed by atoms with Gasteiger partial charge in [0.15, 0.2) is 11.6 Å². The Morgan fingerprint density at radius 2 is 2.06 bits per heavy atom. The molecule has 0 saturated carbocycles. The summed E-state index contributed by atoms with van der Waals surface area (Å²) in [5.41, 5.74) is 5.71. The number of nitrogens with two attached hydrogens (primary N) is 1. The van der Waals surface area contributed by atoms with E-state index in [1.165, 1.54) is 6.20 Å². The molecule has 1 amide bonds. The van der Waals surface area contributed by atoms with Crippen molar-refractivity contribution in [1.29, 1.82) is 0 Å². The molecule has 1 aliphatic rings. The van der Waals surface area contributed by atoms with Crippen LogP contribution in [0.1, 0.15) is 12.8 Å². The van der Waals surface area contributed by atoms with Crippen LogP contribution in [0.4, 0.5) is 11.6 Å². The summed E-state index contributed by atoms with van der Waals surface area (Å²) in [7, 11) is 1.80. The second kappa shape index (κ2) is 4.99. The normalized spacial score (nSPS) is 15.0.